The lowest BCUT2D eigenvalue weighted by atomic mass is 9.74. The van der Waals surface area contributed by atoms with Crippen molar-refractivity contribution in [1.29, 1.82) is 0 Å². The van der Waals surface area contributed by atoms with Gasteiger partial charge in [0.05, 0.1) is 0 Å². The van der Waals surface area contributed by atoms with Crippen LogP contribution in [0.3, 0.4) is 0 Å². The van der Waals surface area contributed by atoms with E-state index in [1.54, 1.807) is 12.1 Å². The molecule has 0 atom stereocenters. The summed E-state index contributed by atoms with van der Waals surface area (Å²) in [6.07, 6.45) is 0. The highest BCUT2D eigenvalue weighted by molar-refractivity contribution is 5.71. The molecule has 0 amide bonds. The Morgan fingerprint density at radius 1 is 0.368 bits per heavy atom. The molecule has 0 fully saturated rings. The number of para-hydroxylation sites is 2. The van der Waals surface area contributed by atoms with Gasteiger partial charge < -0.3 is 10.2 Å². The van der Waals surface area contributed by atoms with Gasteiger partial charge >= 0.3 is 0 Å². The van der Waals surface area contributed by atoms with Crippen molar-refractivity contribution in [2.45, 2.75) is 38.5 Å². The fraction of sp³-hybridized carbons (Fsp3) is 0.167. The minimum absolute atomic E-state index is 0.167. The second-order valence-corrected chi connectivity index (χ2v) is 11.0. The Hall–Kier alpha value is -4.30. The lowest BCUT2D eigenvalue weighted by Gasteiger charge is -2.30. The summed E-state index contributed by atoms with van der Waals surface area (Å²) in [4.78, 5) is 0. The monoisotopic (exact) mass is 498 g/mol. The van der Waals surface area contributed by atoms with E-state index in [4.69, 9.17) is 0 Å². The van der Waals surface area contributed by atoms with Crippen molar-refractivity contribution in [3.8, 4) is 33.8 Å². The van der Waals surface area contributed by atoms with E-state index >= 15 is 0 Å². The van der Waals surface area contributed by atoms with Gasteiger partial charge in [0, 0.05) is 22.0 Å². The van der Waals surface area contributed by atoms with Crippen LogP contribution in [0.4, 0.5) is 0 Å². The molecule has 2 nitrogen and oxygen atoms in total. The van der Waals surface area contributed by atoms with Crippen molar-refractivity contribution >= 4 is 0 Å². The SMILES string of the molecule is CC(C)(c1ccc(-c2ccccc2O)cc1)c1ccc(C(C)(C)c2ccc(-c3ccccc3O)cc2)cc1. The zero-order valence-electron chi connectivity index (χ0n) is 22.4. The summed E-state index contributed by atoms with van der Waals surface area (Å²) < 4.78 is 0. The van der Waals surface area contributed by atoms with Crippen LogP contribution in [-0.4, -0.2) is 10.2 Å². The molecule has 0 aromatic heterocycles. The number of rotatable bonds is 6. The van der Waals surface area contributed by atoms with Gasteiger partial charge in [-0.3, -0.25) is 0 Å². The molecule has 5 aromatic carbocycles. The van der Waals surface area contributed by atoms with Crippen LogP contribution in [0, 0.1) is 0 Å². The fourth-order valence-corrected chi connectivity index (χ4v) is 5.21. The van der Waals surface area contributed by atoms with E-state index in [0.29, 0.717) is 11.5 Å². The molecule has 0 spiro atoms. The Morgan fingerprint density at radius 3 is 0.921 bits per heavy atom. The third-order valence-electron chi connectivity index (χ3n) is 7.97. The van der Waals surface area contributed by atoms with E-state index < -0.39 is 0 Å². The number of hydrogen-bond donors (Lipinski definition) is 2. The van der Waals surface area contributed by atoms with Crippen LogP contribution in [0.5, 0.6) is 11.5 Å². The second-order valence-electron chi connectivity index (χ2n) is 11.0. The van der Waals surface area contributed by atoms with E-state index in [9.17, 15) is 10.2 Å². The maximum atomic E-state index is 10.2. The van der Waals surface area contributed by atoms with Gasteiger partial charge in [-0.05, 0) is 45.5 Å². The maximum absolute atomic E-state index is 10.2. The molecule has 0 bridgehead atoms. The van der Waals surface area contributed by atoms with Crippen LogP contribution in [0.1, 0.15) is 49.9 Å². The fourth-order valence-electron chi connectivity index (χ4n) is 5.21. The largest absolute Gasteiger partial charge is 0.507 e. The van der Waals surface area contributed by atoms with Crippen molar-refractivity contribution < 1.29 is 10.2 Å². The summed E-state index contributed by atoms with van der Waals surface area (Å²) in [6.45, 7) is 9.00. The highest BCUT2D eigenvalue weighted by Crippen LogP contribution is 2.38. The predicted molar refractivity (Wildman–Crippen MR) is 158 cm³/mol. The Morgan fingerprint density at radius 2 is 0.632 bits per heavy atom. The highest BCUT2D eigenvalue weighted by atomic mass is 16.3. The first kappa shape index (κ1) is 25.4. The van der Waals surface area contributed by atoms with Crippen molar-refractivity contribution in [1.82, 2.24) is 0 Å². The zero-order chi connectivity index (χ0) is 26.9. The van der Waals surface area contributed by atoms with Crippen LogP contribution in [0.2, 0.25) is 0 Å². The highest BCUT2D eigenvalue weighted by Gasteiger charge is 2.26. The molecule has 0 aliphatic heterocycles. The topological polar surface area (TPSA) is 40.5 Å². The average molecular weight is 499 g/mol. The van der Waals surface area contributed by atoms with E-state index in [1.165, 1.54) is 22.3 Å². The summed E-state index contributed by atoms with van der Waals surface area (Å²) in [5, 5.41) is 20.4. The minimum Gasteiger partial charge on any atom is -0.507 e. The molecule has 2 N–H and O–H groups in total. The van der Waals surface area contributed by atoms with Crippen molar-refractivity contribution in [3.63, 3.8) is 0 Å². The summed E-state index contributed by atoms with van der Waals surface area (Å²) in [5.74, 6) is 0.594. The minimum atomic E-state index is -0.167. The van der Waals surface area contributed by atoms with Gasteiger partial charge in [0.2, 0.25) is 0 Å². The normalized spacial score (nSPS) is 11.9. The second kappa shape index (κ2) is 9.87. The Labute approximate surface area is 225 Å². The molecule has 5 aromatic rings. The van der Waals surface area contributed by atoms with Gasteiger partial charge in [0.25, 0.3) is 0 Å². The Kier molecular flexibility index (Phi) is 6.59. The average Bonchev–Trinajstić information content (AvgIpc) is 2.94. The van der Waals surface area contributed by atoms with Gasteiger partial charge in [-0.25, -0.2) is 0 Å². The molecule has 0 saturated heterocycles. The van der Waals surface area contributed by atoms with E-state index in [2.05, 4.69) is 100 Å². The summed E-state index contributed by atoms with van der Waals surface area (Å²) in [6, 6.07) is 40.8. The van der Waals surface area contributed by atoms with Gasteiger partial charge in [-0.2, -0.15) is 0 Å². The molecule has 5 rings (SSSR count). The molecule has 0 unspecified atom stereocenters. The smallest absolute Gasteiger partial charge is 0.123 e. The predicted octanol–water partition coefficient (Wildman–Crippen LogP) is 9.08. The number of phenols is 2. The number of hydrogen-bond acceptors (Lipinski definition) is 2. The number of aromatic hydroxyl groups is 2. The molecular weight excluding hydrogens is 464 g/mol. The van der Waals surface area contributed by atoms with E-state index in [0.717, 1.165) is 22.3 Å². The van der Waals surface area contributed by atoms with Crippen molar-refractivity contribution in [3.05, 3.63) is 144 Å². The van der Waals surface area contributed by atoms with Crippen LogP contribution in [0.25, 0.3) is 22.3 Å². The number of benzene rings is 5. The first-order chi connectivity index (χ1) is 18.2. The maximum Gasteiger partial charge on any atom is 0.123 e. The van der Waals surface area contributed by atoms with Crippen LogP contribution in [0.15, 0.2) is 121 Å². The van der Waals surface area contributed by atoms with Crippen molar-refractivity contribution in [2.75, 3.05) is 0 Å². The first-order valence-corrected chi connectivity index (χ1v) is 13.1. The first-order valence-electron chi connectivity index (χ1n) is 13.1. The molecule has 0 aliphatic rings. The lowest BCUT2D eigenvalue weighted by molar-refractivity contribution is 0.477. The van der Waals surface area contributed by atoms with Gasteiger partial charge in [-0.15, -0.1) is 0 Å². The van der Waals surface area contributed by atoms with Crippen molar-refractivity contribution in [2.24, 2.45) is 0 Å². The molecule has 0 aliphatic carbocycles. The van der Waals surface area contributed by atoms with E-state index in [-0.39, 0.29) is 10.8 Å². The molecule has 38 heavy (non-hydrogen) atoms. The molecule has 0 heterocycles. The Bertz CT molecular complexity index is 1420. The van der Waals surface area contributed by atoms with Crippen LogP contribution < -0.4 is 0 Å². The van der Waals surface area contributed by atoms with Crippen LogP contribution in [-0.2, 0) is 10.8 Å². The summed E-state index contributed by atoms with van der Waals surface area (Å²) in [5.41, 5.74) is 8.32. The van der Waals surface area contributed by atoms with Gasteiger partial charge in [0.15, 0.2) is 0 Å². The molecule has 2 heteroatoms. The van der Waals surface area contributed by atoms with Gasteiger partial charge in [-0.1, -0.05) is 137 Å². The summed E-state index contributed by atoms with van der Waals surface area (Å²) >= 11 is 0. The summed E-state index contributed by atoms with van der Waals surface area (Å²) in [7, 11) is 0. The van der Waals surface area contributed by atoms with Gasteiger partial charge in [0.1, 0.15) is 11.5 Å². The molecule has 0 radical (unpaired) electrons. The van der Waals surface area contributed by atoms with Crippen LogP contribution >= 0.6 is 0 Å². The third kappa shape index (κ3) is 4.70. The number of phenolic OH excluding ortho intramolecular Hbond substituents is 2. The quantitative estimate of drug-likeness (QED) is 0.245. The molecular formula is C36H34O2. The van der Waals surface area contributed by atoms with E-state index in [1.807, 2.05) is 36.4 Å². The lowest BCUT2D eigenvalue weighted by Crippen LogP contribution is -2.21. The zero-order valence-corrected chi connectivity index (χ0v) is 22.4. The molecule has 190 valence electrons. The third-order valence-corrected chi connectivity index (χ3v) is 7.97. The Balaban J connectivity index is 1.37. The standard InChI is InChI=1S/C36H34O2/c1-35(2,27-17-13-25(14-18-27)31-9-5-7-11-33(31)37)29-21-23-30(24-22-29)36(3,4)28-19-15-26(16-20-28)32-10-6-8-12-34(32)38/h5-24,37-38H,1-4H3. The molecule has 0 saturated carbocycles.